The maximum atomic E-state index is 12.2. The number of hydrogen-bond acceptors (Lipinski definition) is 3. The van der Waals surface area contributed by atoms with Gasteiger partial charge in [-0.25, -0.2) is 0 Å². The molecule has 0 fully saturated rings. The lowest BCUT2D eigenvalue weighted by atomic mass is 10.1. The van der Waals surface area contributed by atoms with Gasteiger partial charge >= 0.3 is 6.18 Å². The Morgan fingerprint density at radius 3 is 2.61 bits per heavy atom. The molecule has 0 heterocycles. The van der Waals surface area contributed by atoms with Crippen molar-refractivity contribution in [2.24, 2.45) is 5.73 Å². The zero-order chi connectivity index (χ0) is 13.8. The molecule has 0 spiro atoms. The number of benzene rings is 1. The highest BCUT2D eigenvalue weighted by atomic mass is 79.9. The average molecular weight is 327 g/mol. The summed E-state index contributed by atoms with van der Waals surface area (Å²) in [6.45, 7) is -1.03. The van der Waals surface area contributed by atoms with Crippen LogP contribution in [-0.4, -0.2) is 26.4 Å². The summed E-state index contributed by atoms with van der Waals surface area (Å²) >= 11 is 3.29. The summed E-state index contributed by atoms with van der Waals surface area (Å²) in [4.78, 5) is 0. The summed E-state index contributed by atoms with van der Waals surface area (Å²) < 4.78 is 42.2. The van der Waals surface area contributed by atoms with Gasteiger partial charge in [0.15, 0.2) is 0 Å². The maximum absolute atomic E-state index is 12.2. The van der Waals surface area contributed by atoms with Crippen molar-refractivity contribution in [2.75, 3.05) is 20.2 Å². The molecule has 102 valence electrons. The van der Waals surface area contributed by atoms with Crippen LogP contribution in [-0.2, 0) is 0 Å². The molecule has 0 saturated carbocycles. The quantitative estimate of drug-likeness (QED) is 0.874. The summed E-state index contributed by atoms with van der Waals surface area (Å²) in [5.41, 5.74) is 6.14. The number of nitrogens with two attached hydrogens (primary N) is 1. The van der Waals surface area contributed by atoms with Gasteiger partial charge in [-0.3, -0.25) is 0 Å². The molecule has 0 amide bonds. The van der Waals surface area contributed by atoms with E-state index in [1.807, 2.05) is 0 Å². The first-order valence-electron chi connectivity index (χ1n) is 5.21. The van der Waals surface area contributed by atoms with Gasteiger partial charge in [-0.1, -0.05) is 15.9 Å². The lowest BCUT2D eigenvalue weighted by molar-refractivity contribution is -0.126. The Hall–Kier alpha value is -0.790. The monoisotopic (exact) mass is 326 g/mol. The summed E-state index contributed by atoms with van der Waals surface area (Å²) in [7, 11) is 1.49. The number of rotatable bonds is 5. The number of hydrogen-bond donors (Lipinski definition) is 2. The molecule has 0 bridgehead atoms. The van der Waals surface area contributed by atoms with Gasteiger partial charge in [-0.15, -0.1) is 0 Å². The topological polar surface area (TPSA) is 47.3 Å². The first-order valence-corrected chi connectivity index (χ1v) is 6.00. The Labute approximate surface area is 112 Å². The fourth-order valence-corrected chi connectivity index (χ4v) is 2.00. The van der Waals surface area contributed by atoms with E-state index in [-0.39, 0.29) is 6.54 Å². The van der Waals surface area contributed by atoms with E-state index >= 15 is 0 Å². The lowest BCUT2D eigenvalue weighted by Crippen LogP contribution is -2.35. The first-order chi connectivity index (χ1) is 8.37. The number of alkyl halides is 3. The van der Waals surface area contributed by atoms with Crippen molar-refractivity contribution in [1.29, 1.82) is 0 Å². The van der Waals surface area contributed by atoms with Crippen molar-refractivity contribution in [3.05, 3.63) is 28.2 Å². The largest absolute Gasteiger partial charge is 0.497 e. The van der Waals surface area contributed by atoms with Crippen LogP contribution in [0.3, 0.4) is 0 Å². The zero-order valence-corrected chi connectivity index (χ0v) is 11.3. The van der Waals surface area contributed by atoms with Crippen LogP contribution >= 0.6 is 15.9 Å². The number of methoxy groups -OCH3 is 1. The van der Waals surface area contributed by atoms with E-state index in [2.05, 4.69) is 21.2 Å². The number of ether oxygens (including phenoxy) is 1. The van der Waals surface area contributed by atoms with Crippen LogP contribution in [0.5, 0.6) is 5.75 Å². The molecule has 7 heteroatoms. The summed E-state index contributed by atoms with van der Waals surface area (Å²) in [6, 6.07) is 4.50. The van der Waals surface area contributed by atoms with Crippen LogP contribution in [0.15, 0.2) is 22.7 Å². The molecule has 1 unspecified atom stereocenters. The molecule has 0 aromatic heterocycles. The van der Waals surface area contributed by atoms with E-state index in [0.717, 1.165) is 0 Å². The predicted octanol–water partition coefficient (Wildman–Crippen LogP) is 2.61. The van der Waals surface area contributed by atoms with Gasteiger partial charge in [0.2, 0.25) is 0 Å². The van der Waals surface area contributed by atoms with Gasteiger partial charge in [0.05, 0.1) is 13.7 Å². The summed E-state index contributed by atoms with van der Waals surface area (Å²) in [5, 5.41) is 2.38. The first kappa shape index (κ1) is 15.3. The molecule has 0 radical (unpaired) electrons. The van der Waals surface area contributed by atoms with Crippen LogP contribution in [0.2, 0.25) is 0 Å². The molecule has 1 rings (SSSR count). The Bertz CT molecular complexity index is 398. The molecule has 0 aliphatic heterocycles. The second-order valence-electron chi connectivity index (χ2n) is 3.67. The minimum Gasteiger partial charge on any atom is -0.497 e. The Morgan fingerprint density at radius 1 is 1.44 bits per heavy atom. The van der Waals surface area contributed by atoms with Crippen molar-refractivity contribution in [2.45, 2.75) is 12.2 Å². The molecule has 3 nitrogen and oxygen atoms in total. The molecule has 1 aromatic carbocycles. The molecule has 1 atom stereocenters. The van der Waals surface area contributed by atoms with Crippen LogP contribution in [0.25, 0.3) is 0 Å². The minimum atomic E-state index is -4.27. The van der Waals surface area contributed by atoms with Crippen molar-refractivity contribution in [3.8, 4) is 5.75 Å². The highest BCUT2D eigenvalue weighted by molar-refractivity contribution is 9.10. The third kappa shape index (κ3) is 4.47. The van der Waals surface area contributed by atoms with E-state index in [4.69, 9.17) is 10.5 Å². The molecule has 0 aliphatic carbocycles. The highest BCUT2D eigenvalue weighted by Gasteiger charge is 2.28. The van der Waals surface area contributed by atoms with Crippen molar-refractivity contribution in [3.63, 3.8) is 0 Å². The van der Waals surface area contributed by atoms with Crippen molar-refractivity contribution >= 4 is 15.9 Å². The van der Waals surface area contributed by atoms with Crippen molar-refractivity contribution in [1.82, 2.24) is 5.32 Å². The smallest absolute Gasteiger partial charge is 0.401 e. The Balaban J connectivity index is 2.87. The van der Waals surface area contributed by atoms with Gasteiger partial charge in [0, 0.05) is 17.1 Å². The Kier molecular flexibility index (Phi) is 5.43. The third-order valence-electron chi connectivity index (χ3n) is 2.36. The molecule has 1 aromatic rings. The maximum Gasteiger partial charge on any atom is 0.401 e. The van der Waals surface area contributed by atoms with E-state index in [1.54, 1.807) is 18.2 Å². The van der Waals surface area contributed by atoms with E-state index in [0.29, 0.717) is 15.8 Å². The van der Waals surface area contributed by atoms with Gasteiger partial charge in [-0.2, -0.15) is 13.2 Å². The third-order valence-corrected chi connectivity index (χ3v) is 3.09. The predicted molar refractivity (Wildman–Crippen MR) is 66.5 cm³/mol. The lowest BCUT2D eigenvalue weighted by Gasteiger charge is -2.20. The molecule has 0 aliphatic rings. The van der Waals surface area contributed by atoms with Gasteiger partial charge in [-0.05, 0) is 23.8 Å². The second-order valence-corrected chi connectivity index (χ2v) is 4.53. The zero-order valence-electron chi connectivity index (χ0n) is 9.72. The second kappa shape index (κ2) is 6.40. The summed E-state index contributed by atoms with van der Waals surface area (Å²) in [6.07, 6.45) is -4.27. The van der Waals surface area contributed by atoms with Gasteiger partial charge < -0.3 is 15.8 Å². The van der Waals surface area contributed by atoms with Crippen molar-refractivity contribution < 1.29 is 17.9 Å². The van der Waals surface area contributed by atoms with E-state index < -0.39 is 18.8 Å². The average Bonchev–Trinajstić information content (AvgIpc) is 2.30. The number of nitrogens with one attached hydrogen (secondary N) is 1. The van der Waals surface area contributed by atoms with Crippen LogP contribution in [0.4, 0.5) is 13.2 Å². The van der Waals surface area contributed by atoms with Gasteiger partial charge in [0.25, 0.3) is 0 Å². The molecule has 18 heavy (non-hydrogen) atoms. The van der Waals surface area contributed by atoms with Crippen LogP contribution in [0, 0.1) is 0 Å². The van der Waals surface area contributed by atoms with E-state index in [9.17, 15) is 13.2 Å². The van der Waals surface area contributed by atoms with E-state index in [1.165, 1.54) is 7.11 Å². The number of halogens is 4. The summed E-state index contributed by atoms with van der Waals surface area (Å²) in [5.74, 6) is 0.570. The molecule has 0 saturated heterocycles. The molecular weight excluding hydrogens is 313 g/mol. The fourth-order valence-electron chi connectivity index (χ4n) is 1.48. The SMILES string of the molecule is COc1ccc(Br)c(C(CN)NCC(F)(F)F)c1. The standard InChI is InChI=1S/C11H14BrF3N2O/c1-18-7-2-3-9(12)8(4-7)10(5-16)17-6-11(13,14)15/h2-4,10,17H,5-6,16H2,1H3. The fraction of sp³-hybridized carbons (Fsp3) is 0.455. The molecular formula is C11H14BrF3N2O. The molecule has 3 N–H and O–H groups in total. The van der Waals surface area contributed by atoms with Crippen LogP contribution in [0.1, 0.15) is 11.6 Å². The van der Waals surface area contributed by atoms with Crippen LogP contribution < -0.4 is 15.8 Å². The Morgan fingerprint density at radius 2 is 2.11 bits per heavy atom. The minimum absolute atomic E-state index is 0.0574. The normalized spacial score (nSPS) is 13.4. The highest BCUT2D eigenvalue weighted by Crippen LogP contribution is 2.28. The van der Waals surface area contributed by atoms with Gasteiger partial charge in [0.1, 0.15) is 5.75 Å².